The number of fused-ring (bicyclic) bond motifs is 1. The zero-order valence-corrected chi connectivity index (χ0v) is 13.8. The Labute approximate surface area is 139 Å². The molecule has 0 radical (unpaired) electrons. The Balaban J connectivity index is 1.80. The first kappa shape index (κ1) is 15.8. The summed E-state index contributed by atoms with van der Waals surface area (Å²) in [5.74, 6) is 0.742. The van der Waals surface area contributed by atoms with E-state index in [2.05, 4.69) is 22.5 Å². The summed E-state index contributed by atoms with van der Waals surface area (Å²) in [5, 5.41) is 7.22. The molecule has 1 aliphatic rings. The summed E-state index contributed by atoms with van der Waals surface area (Å²) in [7, 11) is 0. The molecule has 0 fully saturated rings. The number of carbonyl (C=O) groups excluding carboxylic acids is 1. The minimum Gasteiger partial charge on any atom is -0.344 e. The van der Waals surface area contributed by atoms with Gasteiger partial charge in [-0.05, 0) is 30.5 Å². The van der Waals surface area contributed by atoms with Crippen LogP contribution in [0.1, 0.15) is 41.9 Å². The molecule has 0 aliphatic carbocycles. The standard InChI is InChI=1S/C17H19N3O2S/c1-2-10-20-16(21)8-7-14(19-20)17(22)18-13-9-11-23-15-6-4-3-5-12(13)15/h3-8,13H,2,9-11H2,1H3,(H,18,22). The van der Waals surface area contributed by atoms with E-state index in [1.54, 1.807) is 0 Å². The van der Waals surface area contributed by atoms with Crippen LogP contribution in [-0.2, 0) is 6.54 Å². The monoisotopic (exact) mass is 329 g/mol. The van der Waals surface area contributed by atoms with Crippen LogP contribution in [0.3, 0.4) is 0 Å². The Morgan fingerprint density at radius 3 is 3.00 bits per heavy atom. The second kappa shape index (κ2) is 7.00. The van der Waals surface area contributed by atoms with Crippen molar-refractivity contribution in [3.63, 3.8) is 0 Å². The van der Waals surface area contributed by atoms with Crippen LogP contribution in [0.4, 0.5) is 0 Å². The van der Waals surface area contributed by atoms with Crippen molar-refractivity contribution in [2.75, 3.05) is 5.75 Å². The van der Waals surface area contributed by atoms with E-state index in [-0.39, 0.29) is 23.2 Å². The first-order chi connectivity index (χ1) is 11.2. The highest BCUT2D eigenvalue weighted by atomic mass is 32.2. The van der Waals surface area contributed by atoms with Gasteiger partial charge in [0.25, 0.3) is 11.5 Å². The molecule has 1 atom stereocenters. The summed E-state index contributed by atoms with van der Waals surface area (Å²) < 4.78 is 1.35. The Hall–Kier alpha value is -2.08. The third-order valence-electron chi connectivity index (χ3n) is 3.80. The Kier molecular flexibility index (Phi) is 4.81. The van der Waals surface area contributed by atoms with Gasteiger partial charge in [0, 0.05) is 23.3 Å². The van der Waals surface area contributed by atoms with Crippen LogP contribution in [0.5, 0.6) is 0 Å². The fourth-order valence-electron chi connectivity index (χ4n) is 2.67. The third-order valence-corrected chi connectivity index (χ3v) is 4.92. The van der Waals surface area contributed by atoms with Crippen molar-refractivity contribution in [2.24, 2.45) is 0 Å². The van der Waals surface area contributed by atoms with Gasteiger partial charge in [0.15, 0.2) is 0 Å². The molecule has 1 unspecified atom stereocenters. The Bertz CT molecular complexity index is 772. The second-order valence-electron chi connectivity index (χ2n) is 5.48. The molecule has 5 nitrogen and oxygen atoms in total. The summed E-state index contributed by atoms with van der Waals surface area (Å²) in [6, 6.07) is 11.0. The van der Waals surface area contributed by atoms with Gasteiger partial charge in [-0.2, -0.15) is 5.10 Å². The van der Waals surface area contributed by atoms with Crippen LogP contribution in [0, 0.1) is 0 Å². The van der Waals surface area contributed by atoms with Gasteiger partial charge < -0.3 is 5.32 Å². The zero-order chi connectivity index (χ0) is 16.2. The molecule has 1 N–H and O–H groups in total. The van der Waals surface area contributed by atoms with Crippen molar-refractivity contribution in [2.45, 2.75) is 37.2 Å². The van der Waals surface area contributed by atoms with Crippen molar-refractivity contribution in [1.82, 2.24) is 15.1 Å². The Morgan fingerprint density at radius 2 is 2.17 bits per heavy atom. The molecule has 1 aliphatic heterocycles. The van der Waals surface area contributed by atoms with Crippen molar-refractivity contribution in [3.8, 4) is 0 Å². The SMILES string of the molecule is CCCn1nc(C(=O)NC2CCSc3ccccc32)ccc1=O. The van der Waals surface area contributed by atoms with Gasteiger partial charge in [-0.1, -0.05) is 25.1 Å². The van der Waals surface area contributed by atoms with Crippen molar-refractivity contribution >= 4 is 17.7 Å². The molecular formula is C17H19N3O2S. The van der Waals surface area contributed by atoms with Crippen molar-refractivity contribution < 1.29 is 4.79 Å². The molecule has 1 aromatic heterocycles. The average Bonchev–Trinajstić information content (AvgIpc) is 2.57. The number of rotatable bonds is 4. The lowest BCUT2D eigenvalue weighted by Crippen LogP contribution is -2.33. The summed E-state index contributed by atoms with van der Waals surface area (Å²) >= 11 is 1.81. The van der Waals surface area contributed by atoms with Crippen molar-refractivity contribution in [1.29, 1.82) is 0 Å². The number of thioether (sulfide) groups is 1. The van der Waals surface area contributed by atoms with E-state index >= 15 is 0 Å². The molecule has 3 rings (SSSR count). The molecule has 120 valence electrons. The summed E-state index contributed by atoms with van der Waals surface area (Å²) in [5.41, 5.74) is 1.26. The van der Waals surface area contributed by atoms with Gasteiger partial charge >= 0.3 is 0 Å². The molecule has 2 aromatic rings. The predicted octanol–water partition coefficient (Wildman–Crippen LogP) is 2.62. The summed E-state index contributed by atoms with van der Waals surface area (Å²) in [6.07, 6.45) is 1.69. The van der Waals surface area contributed by atoms with E-state index in [4.69, 9.17) is 0 Å². The predicted molar refractivity (Wildman–Crippen MR) is 90.8 cm³/mol. The number of aromatic nitrogens is 2. The van der Waals surface area contributed by atoms with Gasteiger partial charge in [-0.15, -0.1) is 11.8 Å². The largest absolute Gasteiger partial charge is 0.344 e. The maximum absolute atomic E-state index is 12.5. The number of benzene rings is 1. The molecule has 0 saturated carbocycles. The van der Waals surface area contributed by atoms with Gasteiger partial charge in [0.2, 0.25) is 0 Å². The van der Waals surface area contributed by atoms with Crippen LogP contribution < -0.4 is 10.9 Å². The highest BCUT2D eigenvalue weighted by molar-refractivity contribution is 7.99. The number of amides is 1. The fourth-order valence-corrected chi connectivity index (χ4v) is 3.79. The molecule has 1 amide bonds. The lowest BCUT2D eigenvalue weighted by Gasteiger charge is -2.25. The van der Waals surface area contributed by atoms with Crippen LogP contribution in [-0.4, -0.2) is 21.4 Å². The summed E-state index contributed by atoms with van der Waals surface area (Å²) in [6.45, 7) is 2.49. The van der Waals surface area contributed by atoms with E-state index in [1.807, 2.05) is 30.8 Å². The molecule has 0 bridgehead atoms. The van der Waals surface area contributed by atoms with Crippen LogP contribution in [0.25, 0.3) is 0 Å². The number of hydrogen-bond acceptors (Lipinski definition) is 4. The van der Waals surface area contributed by atoms with Gasteiger partial charge in [-0.25, -0.2) is 4.68 Å². The van der Waals surface area contributed by atoms with E-state index < -0.39 is 0 Å². The van der Waals surface area contributed by atoms with E-state index in [0.29, 0.717) is 6.54 Å². The minimum atomic E-state index is -0.235. The van der Waals surface area contributed by atoms with Crippen molar-refractivity contribution in [3.05, 3.63) is 58.0 Å². The average molecular weight is 329 g/mol. The number of nitrogens with zero attached hydrogens (tertiary/aromatic N) is 2. The normalized spacial score (nSPS) is 16.7. The van der Waals surface area contributed by atoms with Crippen LogP contribution >= 0.6 is 11.8 Å². The molecular weight excluding hydrogens is 310 g/mol. The lowest BCUT2D eigenvalue weighted by atomic mass is 10.0. The smallest absolute Gasteiger partial charge is 0.272 e. The quantitative estimate of drug-likeness (QED) is 0.936. The van der Waals surface area contributed by atoms with E-state index in [9.17, 15) is 9.59 Å². The molecule has 1 aromatic carbocycles. The van der Waals surface area contributed by atoms with E-state index in [1.165, 1.54) is 21.7 Å². The van der Waals surface area contributed by atoms with Crippen LogP contribution in [0.15, 0.2) is 46.1 Å². The zero-order valence-electron chi connectivity index (χ0n) is 13.0. The maximum Gasteiger partial charge on any atom is 0.272 e. The Morgan fingerprint density at radius 1 is 1.35 bits per heavy atom. The highest BCUT2D eigenvalue weighted by Gasteiger charge is 2.23. The van der Waals surface area contributed by atoms with Gasteiger partial charge in [0.1, 0.15) is 5.69 Å². The minimum absolute atomic E-state index is 0.00620. The van der Waals surface area contributed by atoms with Gasteiger partial charge in [0.05, 0.1) is 6.04 Å². The number of hydrogen-bond donors (Lipinski definition) is 1. The molecule has 0 spiro atoms. The molecule has 23 heavy (non-hydrogen) atoms. The third kappa shape index (κ3) is 3.47. The molecule has 2 heterocycles. The number of aryl methyl sites for hydroxylation is 1. The van der Waals surface area contributed by atoms with E-state index in [0.717, 1.165) is 24.2 Å². The maximum atomic E-state index is 12.5. The first-order valence-corrected chi connectivity index (χ1v) is 8.78. The van der Waals surface area contributed by atoms with Gasteiger partial charge in [-0.3, -0.25) is 9.59 Å². The number of nitrogens with one attached hydrogen (secondary N) is 1. The highest BCUT2D eigenvalue weighted by Crippen LogP contribution is 2.35. The molecule has 6 heteroatoms. The number of carbonyl (C=O) groups is 1. The lowest BCUT2D eigenvalue weighted by molar-refractivity contribution is 0.0927. The topological polar surface area (TPSA) is 64.0 Å². The second-order valence-corrected chi connectivity index (χ2v) is 6.62. The first-order valence-electron chi connectivity index (χ1n) is 7.80. The molecule has 0 saturated heterocycles. The fraction of sp³-hybridized carbons (Fsp3) is 0.353. The van der Waals surface area contributed by atoms with Crippen LogP contribution in [0.2, 0.25) is 0 Å². The summed E-state index contributed by atoms with van der Waals surface area (Å²) in [4.78, 5) is 25.4.